The van der Waals surface area contributed by atoms with Crippen molar-refractivity contribution in [3.63, 3.8) is 0 Å². The third-order valence-electron chi connectivity index (χ3n) is 4.31. The molecule has 6 heteroatoms. The fourth-order valence-corrected chi connectivity index (χ4v) is 3.20. The second kappa shape index (κ2) is 8.86. The van der Waals surface area contributed by atoms with Gasteiger partial charge in [0.25, 0.3) is 5.91 Å². The number of morpholine rings is 1. The first-order valence-corrected chi connectivity index (χ1v) is 9.30. The first-order chi connectivity index (χ1) is 13.1. The average Bonchev–Trinajstić information content (AvgIpc) is 2.66. The summed E-state index contributed by atoms with van der Waals surface area (Å²) in [5.74, 6) is 1.17. The first-order valence-electron chi connectivity index (χ1n) is 9.30. The van der Waals surface area contributed by atoms with Gasteiger partial charge in [-0.1, -0.05) is 6.07 Å². The Hall–Kier alpha value is -2.60. The molecular weight excluding hydrogens is 344 g/mol. The van der Waals surface area contributed by atoms with Gasteiger partial charge in [0.05, 0.1) is 18.8 Å². The Labute approximate surface area is 160 Å². The van der Waals surface area contributed by atoms with Gasteiger partial charge in [-0.3, -0.25) is 9.78 Å². The molecule has 1 fully saturated rings. The Morgan fingerprint density at radius 2 is 1.96 bits per heavy atom. The fourth-order valence-electron chi connectivity index (χ4n) is 3.20. The largest absolute Gasteiger partial charge is 0.490 e. The summed E-state index contributed by atoms with van der Waals surface area (Å²) in [5, 5.41) is 0. The number of carbonyl (C=O) groups excluding carboxylic acids is 1. The smallest absolute Gasteiger partial charge is 0.254 e. The molecule has 1 amide bonds. The summed E-state index contributed by atoms with van der Waals surface area (Å²) in [4.78, 5) is 18.8. The van der Waals surface area contributed by atoms with E-state index in [1.165, 1.54) is 0 Å². The molecule has 0 aliphatic carbocycles. The molecule has 0 spiro atoms. The number of nitrogens with zero attached hydrogens (tertiary/aromatic N) is 2. The van der Waals surface area contributed by atoms with Gasteiger partial charge >= 0.3 is 0 Å². The third kappa shape index (κ3) is 4.98. The maximum absolute atomic E-state index is 12.9. The maximum atomic E-state index is 12.9. The van der Waals surface area contributed by atoms with E-state index in [-0.39, 0.29) is 18.1 Å². The molecule has 2 heterocycles. The quantitative estimate of drug-likeness (QED) is 0.781. The molecule has 3 rings (SSSR count). The minimum Gasteiger partial charge on any atom is -0.490 e. The summed E-state index contributed by atoms with van der Waals surface area (Å²) < 4.78 is 17.3. The van der Waals surface area contributed by atoms with Crippen molar-refractivity contribution < 1.29 is 19.0 Å². The van der Waals surface area contributed by atoms with E-state index in [0.717, 1.165) is 5.56 Å². The van der Waals surface area contributed by atoms with Crippen molar-refractivity contribution in [2.45, 2.75) is 39.6 Å². The number of carbonyl (C=O) groups is 1. The predicted molar refractivity (Wildman–Crippen MR) is 102 cm³/mol. The van der Waals surface area contributed by atoms with Crippen LogP contribution in [0.25, 0.3) is 0 Å². The van der Waals surface area contributed by atoms with Gasteiger partial charge in [-0.15, -0.1) is 0 Å². The molecule has 0 N–H and O–H groups in total. The topological polar surface area (TPSA) is 60.9 Å². The molecule has 2 atom stereocenters. The van der Waals surface area contributed by atoms with Crippen LogP contribution in [0.4, 0.5) is 0 Å². The Kier molecular flexibility index (Phi) is 6.29. The summed E-state index contributed by atoms with van der Waals surface area (Å²) >= 11 is 0. The van der Waals surface area contributed by atoms with E-state index in [2.05, 4.69) is 4.98 Å². The van der Waals surface area contributed by atoms with Crippen LogP contribution in [0.3, 0.4) is 0 Å². The predicted octanol–water partition coefficient (Wildman–Crippen LogP) is 3.31. The number of hydrogen-bond donors (Lipinski definition) is 0. The zero-order chi connectivity index (χ0) is 19.2. The van der Waals surface area contributed by atoms with E-state index in [1.807, 2.05) is 37.8 Å². The van der Waals surface area contributed by atoms with Crippen LogP contribution in [-0.2, 0) is 11.3 Å². The van der Waals surface area contributed by atoms with Gasteiger partial charge < -0.3 is 19.1 Å². The Bertz CT molecular complexity index is 756. The lowest BCUT2D eigenvalue weighted by Gasteiger charge is -2.35. The summed E-state index contributed by atoms with van der Waals surface area (Å²) in [7, 11) is 0. The molecule has 1 aliphatic heterocycles. The van der Waals surface area contributed by atoms with E-state index in [1.54, 1.807) is 30.6 Å². The molecule has 0 saturated carbocycles. The number of hydrogen-bond acceptors (Lipinski definition) is 5. The monoisotopic (exact) mass is 370 g/mol. The van der Waals surface area contributed by atoms with Crippen molar-refractivity contribution in [1.29, 1.82) is 0 Å². The third-order valence-corrected chi connectivity index (χ3v) is 4.31. The number of pyridine rings is 1. The van der Waals surface area contributed by atoms with Crippen molar-refractivity contribution in [3.05, 3.63) is 53.9 Å². The van der Waals surface area contributed by atoms with Gasteiger partial charge in [0.15, 0.2) is 11.5 Å². The highest BCUT2D eigenvalue weighted by Gasteiger charge is 2.27. The van der Waals surface area contributed by atoms with Crippen molar-refractivity contribution >= 4 is 5.91 Å². The van der Waals surface area contributed by atoms with Crippen molar-refractivity contribution in [2.24, 2.45) is 0 Å². The van der Waals surface area contributed by atoms with Crippen LogP contribution < -0.4 is 9.47 Å². The van der Waals surface area contributed by atoms with E-state index in [0.29, 0.717) is 43.4 Å². The summed E-state index contributed by atoms with van der Waals surface area (Å²) in [6.07, 6.45) is 3.55. The SMILES string of the molecule is CCOc1cc(C(=O)N2CC(C)OC(C)C2)ccc1OCc1cccnc1. The highest BCUT2D eigenvalue weighted by molar-refractivity contribution is 5.95. The lowest BCUT2D eigenvalue weighted by molar-refractivity contribution is -0.0586. The van der Waals surface area contributed by atoms with E-state index >= 15 is 0 Å². The Morgan fingerprint density at radius 3 is 2.63 bits per heavy atom. The van der Waals surface area contributed by atoms with Crippen LogP contribution in [0.1, 0.15) is 36.7 Å². The van der Waals surface area contributed by atoms with Crippen LogP contribution >= 0.6 is 0 Å². The molecular formula is C21H26N2O4. The number of rotatable bonds is 6. The molecule has 1 aliphatic rings. The van der Waals surface area contributed by atoms with Gasteiger partial charge in [0.2, 0.25) is 0 Å². The first kappa shape index (κ1) is 19.2. The second-order valence-corrected chi connectivity index (χ2v) is 6.71. The number of aromatic nitrogens is 1. The molecule has 144 valence electrons. The molecule has 27 heavy (non-hydrogen) atoms. The van der Waals surface area contributed by atoms with Gasteiger partial charge in [0, 0.05) is 36.6 Å². The van der Waals surface area contributed by atoms with Crippen LogP contribution in [0.15, 0.2) is 42.7 Å². The maximum Gasteiger partial charge on any atom is 0.254 e. The standard InChI is InChI=1S/C21H26N2O4/c1-4-25-20-10-18(21(24)23-12-15(2)27-16(3)13-23)7-8-19(20)26-14-17-6-5-9-22-11-17/h5-11,15-16H,4,12-14H2,1-3H3. The van der Waals surface area contributed by atoms with Crippen LogP contribution in [0.5, 0.6) is 11.5 Å². The lowest BCUT2D eigenvalue weighted by atomic mass is 10.1. The highest BCUT2D eigenvalue weighted by Crippen LogP contribution is 2.30. The molecule has 0 radical (unpaired) electrons. The number of amides is 1. The average molecular weight is 370 g/mol. The number of ether oxygens (including phenoxy) is 3. The zero-order valence-corrected chi connectivity index (χ0v) is 16.1. The van der Waals surface area contributed by atoms with Gasteiger partial charge in [-0.25, -0.2) is 0 Å². The molecule has 6 nitrogen and oxygen atoms in total. The molecule has 1 saturated heterocycles. The zero-order valence-electron chi connectivity index (χ0n) is 16.1. The summed E-state index contributed by atoms with van der Waals surface area (Å²) in [5.41, 5.74) is 1.56. The van der Waals surface area contributed by atoms with E-state index in [9.17, 15) is 4.79 Å². The van der Waals surface area contributed by atoms with Crippen molar-refractivity contribution in [2.75, 3.05) is 19.7 Å². The van der Waals surface area contributed by atoms with Crippen LogP contribution in [-0.4, -0.2) is 47.7 Å². The molecule has 2 unspecified atom stereocenters. The van der Waals surface area contributed by atoms with Crippen molar-refractivity contribution in [1.82, 2.24) is 9.88 Å². The Balaban J connectivity index is 1.75. The lowest BCUT2D eigenvalue weighted by Crippen LogP contribution is -2.48. The minimum absolute atomic E-state index is 0.0169. The van der Waals surface area contributed by atoms with Gasteiger partial charge in [0.1, 0.15) is 6.61 Å². The normalized spacial score (nSPS) is 19.6. The molecule has 1 aromatic heterocycles. The summed E-state index contributed by atoms with van der Waals surface area (Å²) in [6.45, 7) is 7.93. The molecule has 0 bridgehead atoms. The van der Waals surface area contributed by atoms with E-state index in [4.69, 9.17) is 14.2 Å². The minimum atomic E-state index is -0.0169. The summed E-state index contributed by atoms with van der Waals surface area (Å²) in [6, 6.07) is 9.16. The molecule has 1 aromatic carbocycles. The van der Waals surface area contributed by atoms with E-state index < -0.39 is 0 Å². The fraction of sp³-hybridized carbons (Fsp3) is 0.429. The van der Waals surface area contributed by atoms with Gasteiger partial charge in [-0.05, 0) is 45.0 Å². The van der Waals surface area contributed by atoms with Gasteiger partial charge in [-0.2, -0.15) is 0 Å². The second-order valence-electron chi connectivity index (χ2n) is 6.71. The molecule has 2 aromatic rings. The highest BCUT2D eigenvalue weighted by atomic mass is 16.5. The van der Waals surface area contributed by atoms with Crippen molar-refractivity contribution in [3.8, 4) is 11.5 Å². The Morgan fingerprint density at radius 1 is 1.19 bits per heavy atom. The number of benzene rings is 1. The van der Waals surface area contributed by atoms with Crippen LogP contribution in [0, 0.1) is 0 Å². The van der Waals surface area contributed by atoms with Crippen LogP contribution in [0.2, 0.25) is 0 Å².